The zero-order valence-corrected chi connectivity index (χ0v) is 12.4. The highest BCUT2D eigenvalue weighted by Gasteiger charge is 2.28. The van der Waals surface area contributed by atoms with Gasteiger partial charge in [-0.1, -0.05) is 32.4 Å². The topological polar surface area (TPSA) is 55.1 Å². The number of amides is 1. The van der Waals surface area contributed by atoms with E-state index in [1.807, 2.05) is 24.3 Å². The Kier molecular flexibility index (Phi) is 4.48. The predicted octanol–water partition coefficient (Wildman–Crippen LogP) is 3.37. The average Bonchev–Trinajstić information content (AvgIpc) is 2.35. The average molecular weight is 272 g/mol. The number of rotatable bonds is 3. The molecule has 0 saturated heterocycles. The first kappa shape index (κ1) is 14.6. The number of carbonyl (C=O) groups is 1. The van der Waals surface area contributed by atoms with Crippen molar-refractivity contribution >= 4 is 17.7 Å². The highest BCUT2D eigenvalue weighted by Crippen LogP contribution is 2.35. The molecule has 1 fully saturated rings. The Balaban J connectivity index is 1.89. The molecule has 0 aliphatic heterocycles. The molecule has 0 radical (unpaired) electrons. The Morgan fingerprint density at radius 2 is 2.25 bits per heavy atom. The van der Waals surface area contributed by atoms with Crippen LogP contribution in [-0.4, -0.2) is 11.9 Å². The summed E-state index contributed by atoms with van der Waals surface area (Å²) in [5, 5.41) is 3.10. The highest BCUT2D eigenvalue weighted by molar-refractivity contribution is 5.92. The van der Waals surface area contributed by atoms with Crippen LogP contribution >= 0.6 is 0 Å². The summed E-state index contributed by atoms with van der Waals surface area (Å²) >= 11 is 0. The van der Waals surface area contributed by atoms with Gasteiger partial charge >= 0.3 is 0 Å². The summed E-state index contributed by atoms with van der Waals surface area (Å²) in [6, 6.07) is 7.81. The second-order valence-electron chi connectivity index (χ2n) is 6.47. The minimum Gasteiger partial charge on any atom is -0.399 e. The van der Waals surface area contributed by atoms with Crippen LogP contribution in [0.25, 0.3) is 6.08 Å². The number of nitrogen functional groups attached to an aromatic ring is 1. The van der Waals surface area contributed by atoms with Crippen molar-refractivity contribution in [2.24, 2.45) is 5.41 Å². The lowest BCUT2D eigenvalue weighted by molar-refractivity contribution is -0.117. The van der Waals surface area contributed by atoms with E-state index < -0.39 is 0 Å². The Morgan fingerprint density at radius 3 is 2.95 bits per heavy atom. The van der Waals surface area contributed by atoms with Crippen molar-refractivity contribution in [3.63, 3.8) is 0 Å². The van der Waals surface area contributed by atoms with Crippen LogP contribution in [-0.2, 0) is 4.79 Å². The summed E-state index contributed by atoms with van der Waals surface area (Å²) in [6.45, 7) is 4.54. The fraction of sp³-hybridized carbons (Fsp3) is 0.471. The number of hydrogen-bond acceptors (Lipinski definition) is 2. The van der Waals surface area contributed by atoms with Gasteiger partial charge in [0.05, 0.1) is 0 Å². The molecule has 3 N–H and O–H groups in total. The summed E-state index contributed by atoms with van der Waals surface area (Å²) in [4.78, 5) is 12.0. The molecular formula is C17H24N2O. The van der Waals surface area contributed by atoms with Crippen molar-refractivity contribution in [1.29, 1.82) is 0 Å². The van der Waals surface area contributed by atoms with E-state index in [1.165, 1.54) is 12.8 Å². The van der Waals surface area contributed by atoms with Gasteiger partial charge in [-0.05, 0) is 48.4 Å². The maximum Gasteiger partial charge on any atom is 0.244 e. The quantitative estimate of drug-likeness (QED) is 0.655. The molecule has 3 heteroatoms. The predicted molar refractivity (Wildman–Crippen MR) is 84.1 cm³/mol. The molecule has 0 bridgehead atoms. The Bertz CT molecular complexity index is 505. The maximum absolute atomic E-state index is 12.0. The molecule has 1 amide bonds. The van der Waals surface area contributed by atoms with Crippen LogP contribution in [0.3, 0.4) is 0 Å². The molecule has 0 aromatic heterocycles. The van der Waals surface area contributed by atoms with Gasteiger partial charge in [0.1, 0.15) is 0 Å². The minimum absolute atomic E-state index is 0.0184. The first-order chi connectivity index (χ1) is 9.44. The molecule has 108 valence electrons. The summed E-state index contributed by atoms with van der Waals surface area (Å²) in [7, 11) is 0. The second kappa shape index (κ2) is 6.12. The molecule has 1 unspecified atom stereocenters. The summed E-state index contributed by atoms with van der Waals surface area (Å²) in [5.41, 5.74) is 7.71. The monoisotopic (exact) mass is 272 g/mol. The standard InChI is InChI=1S/C17H24N2O/c1-17(2)10-4-7-15(12-17)19-16(20)9-8-13-5-3-6-14(18)11-13/h3,5-6,8-9,11,15H,4,7,10,12,18H2,1-2H3,(H,19,20)/b9-8+. The molecule has 1 aromatic carbocycles. The van der Waals surface area contributed by atoms with Crippen molar-refractivity contribution in [1.82, 2.24) is 5.32 Å². The first-order valence-electron chi connectivity index (χ1n) is 7.29. The first-order valence-corrected chi connectivity index (χ1v) is 7.29. The number of benzene rings is 1. The Labute approximate surface area is 121 Å². The zero-order valence-electron chi connectivity index (χ0n) is 12.4. The Morgan fingerprint density at radius 1 is 1.45 bits per heavy atom. The number of carbonyl (C=O) groups excluding carboxylic acids is 1. The molecule has 0 heterocycles. The number of nitrogens with two attached hydrogens (primary N) is 1. The fourth-order valence-electron chi connectivity index (χ4n) is 2.91. The van der Waals surface area contributed by atoms with E-state index >= 15 is 0 Å². The molecule has 20 heavy (non-hydrogen) atoms. The van der Waals surface area contributed by atoms with E-state index in [4.69, 9.17) is 5.73 Å². The van der Waals surface area contributed by atoms with Gasteiger partial charge < -0.3 is 11.1 Å². The maximum atomic E-state index is 12.0. The fourth-order valence-corrected chi connectivity index (χ4v) is 2.91. The number of hydrogen-bond donors (Lipinski definition) is 2. The summed E-state index contributed by atoms with van der Waals surface area (Å²) in [6.07, 6.45) is 7.98. The number of anilines is 1. The minimum atomic E-state index is -0.0184. The van der Waals surface area contributed by atoms with Crippen LogP contribution in [0, 0.1) is 5.41 Å². The van der Waals surface area contributed by atoms with E-state index in [-0.39, 0.29) is 5.91 Å². The highest BCUT2D eigenvalue weighted by atomic mass is 16.1. The van der Waals surface area contributed by atoms with Crippen LogP contribution in [0.5, 0.6) is 0 Å². The molecule has 3 nitrogen and oxygen atoms in total. The summed E-state index contributed by atoms with van der Waals surface area (Å²) < 4.78 is 0. The van der Waals surface area contributed by atoms with E-state index in [0.29, 0.717) is 17.1 Å². The van der Waals surface area contributed by atoms with Gasteiger partial charge in [-0.25, -0.2) is 0 Å². The lowest BCUT2D eigenvalue weighted by Gasteiger charge is -2.35. The van der Waals surface area contributed by atoms with Gasteiger partial charge in [-0.2, -0.15) is 0 Å². The van der Waals surface area contributed by atoms with E-state index in [9.17, 15) is 4.79 Å². The molecule has 1 aliphatic rings. The third-order valence-corrected chi connectivity index (χ3v) is 3.89. The third kappa shape index (κ3) is 4.41. The molecule has 1 aromatic rings. The van der Waals surface area contributed by atoms with Crippen LogP contribution in [0.4, 0.5) is 5.69 Å². The lowest BCUT2D eigenvalue weighted by atomic mass is 9.75. The van der Waals surface area contributed by atoms with Gasteiger partial charge in [0.2, 0.25) is 5.91 Å². The molecular weight excluding hydrogens is 248 g/mol. The number of nitrogens with one attached hydrogen (secondary N) is 1. The van der Waals surface area contributed by atoms with Crippen LogP contribution in [0.2, 0.25) is 0 Å². The van der Waals surface area contributed by atoms with Gasteiger partial charge in [-0.15, -0.1) is 0 Å². The van der Waals surface area contributed by atoms with E-state index in [1.54, 1.807) is 12.2 Å². The summed E-state index contributed by atoms with van der Waals surface area (Å²) in [5.74, 6) is -0.0184. The van der Waals surface area contributed by atoms with Crippen molar-refractivity contribution in [2.75, 3.05) is 5.73 Å². The Hall–Kier alpha value is -1.77. The lowest BCUT2D eigenvalue weighted by Crippen LogP contribution is -2.39. The van der Waals surface area contributed by atoms with Gasteiger partial charge in [0.25, 0.3) is 0 Å². The van der Waals surface area contributed by atoms with Crippen LogP contribution in [0.15, 0.2) is 30.3 Å². The molecule has 1 saturated carbocycles. The molecule has 1 atom stereocenters. The van der Waals surface area contributed by atoms with Gasteiger partial charge in [0.15, 0.2) is 0 Å². The largest absolute Gasteiger partial charge is 0.399 e. The van der Waals surface area contributed by atoms with Crippen LogP contribution < -0.4 is 11.1 Å². The normalized spacial score (nSPS) is 21.8. The van der Waals surface area contributed by atoms with Crippen molar-refractivity contribution in [3.05, 3.63) is 35.9 Å². The molecule has 1 aliphatic carbocycles. The van der Waals surface area contributed by atoms with E-state index in [0.717, 1.165) is 18.4 Å². The van der Waals surface area contributed by atoms with Crippen molar-refractivity contribution < 1.29 is 4.79 Å². The van der Waals surface area contributed by atoms with Crippen molar-refractivity contribution in [3.8, 4) is 0 Å². The second-order valence-corrected chi connectivity index (χ2v) is 6.47. The molecule has 2 rings (SSSR count). The van der Waals surface area contributed by atoms with E-state index in [2.05, 4.69) is 19.2 Å². The van der Waals surface area contributed by atoms with Gasteiger partial charge in [-0.3, -0.25) is 4.79 Å². The smallest absolute Gasteiger partial charge is 0.244 e. The SMILES string of the molecule is CC1(C)CCCC(NC(=O)/C=C/c2cccc(N)c2)C1. The molecule has 0 spiro atoms. The van der Waals surface area contributed by atoms with Gasteiger partial charge in [0, 0.05) is 17.8 Å². The third-order valence-electron chi connectivity index (χ3n) is 3.89. The van der Waals surface area contributed by atoms with Crippen molar-refractivity contribution in [2.45, 2.75) is 45.6 Å². The van der Waals surface area contributed by atoms with Crippen LogP contribution in [0.1, 0.15) is 45.1 Å². The zero-order chi connectivity index (χ0) is 14.6.